The van der Waals surface area contributed by atoms with Crippen molar-refractivity contribution in [2.24, 2.45) is 0 Å². The van der Waals surface area contributed by atoms with Crippen molar-refractivity contribution in [3.63, 3.8) is 0 Å². The first-order chi connectivity index (χ1) is 10.3. The molecule has 110 valence electrons. The maximum absolute atomic E-state index is 12.0. The fourth-order valence-electron chi connectivity index (χ4n) is 3.08. The zero-order valence-corrected chi connectivity index (χ0v) is 13.0. The van der Waals surface area contributed by atoms with Gasteiger partial charge < -0.3 is 5.32 Å². The summed E-state index contributed by atoms with van der Waals surface area (Å²) in [5, 5.41) is 7.30. The first-order valence-electron chi connectivity index (χ1n) is 7.68. The van der Waals surface area contributed by atoms with Gasteiger partial charge in [0.2, 0.25) is 5.91 Å². The number of carbonyl (C=O) groups is 1. The molecular formula is C18H21NOS. The molecule has 0 bridgehead atoms. The Hall–Kier alpha value is -1.61. The van der Waals surface area contributed by atoms with Crippen molar-refractivity contribution < 1.29 is 4.79 Å². The normalized spacial score (nSPS) is 17.2. The van der Waals surface area contributed by atoms with Gasteiger partial charge in [-0.05, 0) is 59.2 Å². The molecule has 0 fully saturated rings. The summed E-state index contributed by atoms with van der Waals surface area (Å²) in [5.41, 5.74) is 4.15. The Balaban J connectivity index is 1.50. The van der Waals surface area contributed by atoms with Gasteiger partial charge in [-0.3, -0.25) is 4.79 Å². The molecule has 2 nitrogen and oxygen atoms in total. The molecule has 1 heterocycles. The van der Waals surface area contributed by atoms with Gasteiger partial charge in [0.05, 0.1) is 0 Å². The molecule has 0 saturated heterocycles. The monoisotopic (exact) mass is 299 g/mol. The number of benzene rings is 1. The highest BCUT2D eigenvalue weighted by molar-refractivity contribution is 7.07. The Labute approximate surface area is 130 Å². The second-order valence-corrected chi connectivity index (χ2v) is 6.50. The largest absolute Gasteiger partial charge is 0.355 e. The van der Waals surface area contributed by atoms with E-state index in [0.717, 1.165) is 13.0 Å². The molecular weight excluding hydrogens is 278 g/mol. The van der Waals surface area contributed by atoms with Gasteiger partial charge in [-0.1, -0.05) is 24.3 Å². The Morgan fingerprint density at radius 2 is 2.19 bits per heavy atom. The number of hydrogen-bond acceptors (Lipinski definition) is 2. The zero-order chi connectivity index (χ0) is 14.5. The Kier molecular flexibility index (Phi) is 4.71. The van der Waals surface area contributed by atoms with Crippen LogP contribution in [0.25, 0.3) is 0 Å². The van der Waals surface area contributed by atoms with Gasteiger partial charge in [0.25, 0.3) is 0 Å². The number of amides is 1. The number of nitrogens with one attached hydrogen (secondary N) is 1. The smallest absolute Gasteiger partial charge is 0.220 e. The molecule has 1 aromatic heterocycles. The molecule has 1 unspecified atom stereocenters. The number of thiophene rings is 1. The van der Waals surface area contributed by atoms with Crippen LogP contribution in [0, 0.1) is 0 Å². The van der Waals surface area contributed by atoms with Gasteiger partial charge in [0.1, 0.15) is 0 Å². The molecule has 3 heteroatoms. The summed E-state index contributed by atoms with van der Waals surface area (Å²) in [5.74, 6) is 0.657. The minimum atomic E-state index is 0.171. The van der Waals surface area contributed by atoms with Crippen LogP contribution < -0.4 is 5.32 Å². The van der Waals surface area contributed by atoms with Crippen molar-refractivity contribution in [3.05, 3.63) is 57.8 Å². The number of carbonyl (C=O) groups excluding carboxylic acids is 1. The summed E-state index contributed by atoms with van der Waals surface area (Å²) in [4.78, 5) is 12.0. The first kappa shape index (κ1) is 14.3. The van der Waals surface area contributed by atoms with Crippen LogP contribution in [0.4, 0.5) is 0 Å². The van der Waals surface area contributed by atoms with Crippen LogP contribution in [-0.2, 0) is 17.6 Å². The van der Waals surface area contributed by atoms with E-state index in [-0.39, 0.29) is 5.91 Å². The van der Waals surface area contributed by atoms with Crippen molar-refractivity contribution in [1.82, 2.24) is 5.32 Å². The molecule has 21 heavy (non-hydrogen) atoms. The second-order valence-electron chi connectivity index (χ2n) is 5.72. The highest BCUT2D eigenvalue weighted by Gasteiger charge is 2.19. The summed E-state index contributed by atoms with van der Waals surface area (Å²) >= 11 is 1.69. The number of hydrogen-bond donors (Lipinski definition) is 1. The molecule has 0 spiro atoms. The van der Waals surface area contributed by atoms with Crippen LogP contribution in [0.2, 0.25) is 0 Å². The van der Waals surface area contributed by atoms with E-state index < -0.39 is 0 Å². The van der Waals surface area contributed by atoms with Gasteiger partial charge in [0.15, 0.2) is 0 Å². The molecule has 0 radical (unpaired) electrons. The fraction of sp³-hybridized carbons (Fsp3) is 0.389. The molecule has 0 saturated carbocycles. The minimum Gasteiger partial charge on any atom is -0.355 e. The third-order valence-electron chi connectivity index (χ3n) is 4.26. The third-order valence-corrected chi connectivity index (χ3v) is 4.99. The van der Waals surface area contributed by atoms with Crippen molar-refractivity contribution in [2.75, 3.05) is 6.54 Å². The average molecular weight is 299 g/mol. The van der Waals surface area contributed by atoms with E-state index in [1.165, 1.54) is 36.0 Å². The van der Waals surface area contributed by atoms with Crippen molar-refractivity contribution in [3.8, 4) is 0 Å². The van der Waals surface area contributed by atoms with Crippen LogP contribution >= 0.6 is 11.3 Å². The van der Waals surface area contributed by atoms with E-state index in [0.29, 0.717) is 12.3 Å². The quantitative estimate of drug-likeness (QED) is 0.891. The fourth-order valence-corrected chi connectivity index (χ4v) is 3.79. The second kappa shape index (κ2) is 6.90. The lowest BCUT2D eigenvalue weighted by Crippen LogP contribution is -2.30. The van der Waals surface area contributed by atoms with E-state index >= 15 is 0 Å². The van der Waals surface area contributed by atoms with E-state index in [1.807, 2.05) is 0 Å². The summed E-state index contributed by atoms with van der Waals surface area (Å²) in [6.45, 7) is 0.777. The van der Waals surface area contributed by atoms with Gasteiger partial charge in [-0.15, -0.1) is 0 Å². The van der Waals surface area contributed by atoms with Crippen LogP contribution in [-0.4, -0.2) is 12.5 Å². The summed E-state index contributed by atoms with van der Waals surface area (Å²) < 4.78 is 0. The Morgan fingerprint density at radius 3 is 3.05 bits per heavy atom. The number of aryl methyl sites for hydroxylation is 2. The molecule has 1 aliphatic carbocycles. The Bertz CT molecular complexity index is 591. The summed E-state index contributed by atoms with van der Waals surface area (Å²) in [6, 6.07) is 10.8. The lowest BCUT2D eigenvalue weighted by Gasteiger charge is -2.25. The first-order valence-corrected chi connectivity index (χ1v) is 8.63. The molecule has 1 aromatic carbocycles. The van der Waals surface area contributed by atoms with Gasteiger partial charge in [0, 0.05) is 18.9 Å². The molecule has 1 aliphatic rings. The van der Waals surface area contributed by atoms with Gasteiger partial charge in [-0.2, -0.15) is 11.3 Å². The molecule has 2 aromatic rings. The van der Waals surface area contributed by atoms with Gasteiger partial charge in [-0.25, -0.2) is 0 Å². The van der Waals surface area contributed by atoms with Crippen molar-refractivity contribution in [1.29, 1.82) is 0 Å². The molecule has 1 amide bonds. The van der Waals surface area contributed by atoms with Crippen LogP contribution in [0.1, 0.15) is 41.9 Å². The minimum absolute atomic E-state index is 0.171. The van der Waals surface area contributed by atoms with Crippen LogP contribution in [0.3, 0.4) is 0 Å². The molecule has 0 aliphatic heterocycles. The van der Waals surface area contributed by atoms with E-state index in [9.17, 15) is 4.79 Å². The number of fused-ring (bicyclic) bond motifs is 1. The topological polar surface area (TPSA) is 29.1 Å². The van der Waals surface area contributed by atoms with Crippen LogP contribution in [0.5, 0.6) is 0 Å². The lowest BCUT2D eigenvalue weighted by atomic mass is 9.83. The average Bonchev–Trinajstić information content (AvgIpc) is 3.04. The van der Waals surface area contributed by atoms with Crippen molar-refractivity contribution in [2.45, 2.75) is 38.0 Å². The predicted octanol–water partition coefficient (Wildman–Crippen LogP) is 3.92. The van der Waals surface area contributed by atoms with E-state index in [4.69, 9.17) is 0 Å². The maximum atomic E-state index is 12.0. The highest BCUT2D eigenvalue weighted by Crippen LogP contribution is 2.30. The molecule has 3 rings (SSSR count). The standard InChI is InChI=1S/C18H21NOS/c20-18(9-8-14-10-11-21-13-14)19-12-16-6-3-5-15-4-1-2-7-17(15)16/h1-2,4,7,10-11,13,16H,3,5-6,8-9,12H2,(H,19,20). The zero-order valence-electron chi connectivity index (χ0n) is 12.2. The highest BCUT2D eigenvalue weighted by atomic mass is 32.1. The summed E-state index contributed by atoms with van der Waals surface area (Å²) in [6.07, 6.45) is 5.02. The summed E-state index contributed by atoms with van der Waals surface area (Å²) in [7, 11) is 0. The van der Waals surface area contributed by atoms with Gasteiger partial charge >= 0.3 is 0 Å². The molecule has 1 atom stereocenters. The lowest BCUT2D eigenvalue weighted by molar-refractivity contribution is -0.121. The van der Waals surface area contributed by atoms with E-state index in [2.05, 4.69) is 46.4 Å². The van der Waals surface area contributed by atoms with E-state index in [1.54, 1.807) is 11.3 Å². The SMILES string of the molecule is O=C(CCc1ccsc1)NCC1CCCc2ccccc21. The predicted molar refractivity (Wildman–Crippen MR) is 87.8 cm³/mol. The molecule has 1 N–H and O–H groups in total. The van der Waals surface area contributed by atoms with Crippen LogP contribution in [0.15, 0.2) is 41.1 Å². The maximum Gasteiger partial charge on any atom is 0.220 e. The Morgan fingerprint density at radius 1 is 1.29 bits per heavy atom. The third kappa shape index (κ3) is 3.73. The van der Waals surface area contributed by atoms with Crippen molar-refractivity contribution >= 4 is 17.2 Å². The number of rotatable bonds is 5.